The third-order valence-corrected chi connectivity index (χ3v) is 3.78. The number of carboxylic acids is 1. The number of amides is 1. The number of rotatable bonds is 5. The molecule has 25 heavy (non-hydrogen) atoms. The fourth-order valence-electron chi connectivity index (χ4n) is 2.61. The number of nitrogens with one attached hydrogen (secondary N) is 1. The predicted octanol–water partition coefficient (Wildman–Crippen LogP) is 3.38. The van der Waals surface area contributed by atoms with Gasteiger partial charge in [-0.3, -0.25) is 9.78 Å². The summed E-state index contributed by atoms with van der Waals surface area (Å²) >= 11 is 0. The minimum atomic E-state index is -1.13. The number of nitrogens with zero attached hydrogens (tertiary/aromatic N) is 1. The Hall–Kier alpha value is -3.47. The summed E-state index contributed by atoms with van der Waals surface area (Å²) in [5, 5.41) is 12.4. The van der Waals surface area contributed by atoms with Crippen LogP contribution in [-0.2, 0) is 6.54 Å². The number of pyridine rings is 1. The van der Waals surface area contributed by atoms with Crippen LogP contribution >= 0.6 is 0 Å². The molecule has 0 fully saturated rings. The summed E-state index contributed by atoms with van der Waals surface area (Å²) in [5.74, 6) is -1.56. The van der Waals surface area contributed by atoms with Crippen LogP contribution in [0, 0.1) is 0 Å². The van der Waals surface area contributed by atoms with E-state index in [4.69, 9.17) is 0 Å². The van der Waals surface area contributed by atoms with E-state index in [0.717, 1.165) is 11.1 Å². The first-order chi connectivity index (χ1) is 12.2. The van der Waals surface area contributed by atoms with Crippen molar-refractivity contribution in [1.29, 1.82) is 0 Å². The Morgan fingerprint density at radius 1 is 0.960 bits per heavy atom. The summed E-state index contributed by atoms with van der Waals surface area (Å²) in [6, 6.07) is 17.7. The first-order valence-corrected chi connectivity index (χ1v) is 7.75. The summed E-state index contributed by atoms with van der Waals surface area (Å²) in [6.45, 7) is 0.279. The predicted molar refractivity (Wildman–Crippen MR) is 94.2 cm³/mol. The van der Waals surface area contributed by atoms with Gasteiger partial charge in [0.05, 0.1) is 11.1 Å². The van der Waals surface area contributed by atoms with E-state index < -0.39 is 11.9 Å². The average Bonchev–Trinajstić information content (AvgIpc) is 2.67. The molecule has 0 aliphatic carbocycles. The molecule has 1 amide bonds. The molecule has 0 saturated heterocycles. The van der Waals surface area contributed by atoms with Crippen LogP contribution in [0.25, 0.3) is 11.1 Å². The fourth-order valence-corrected chi connectivity index (χ4v) is 2.61. The van der Waals surface area contributed by atoms with E-state index in [2.05, 4.69) is 10.3 Å². The molecular weight excluding hydrogens is 316 g/mol. The molecule has 0 aliphatic heterocycles. The van der Waals surface area contributed by atoms with Gasteiger partial charge in [-0.15, -0.1) is 0 Å². The van der Waals surface area contributed by atoms with Gasteiger partial charge in [-0.1, -0.05) is 48.5 Å². The maximum absolute atomic E-state index is 12.5. The third kappa shape index (κ3) is 3.72. The topological polar surface area (TPSA) is 79.3 Å². The zero-order valence-corrected chi connectivity index (χ0v) is 13.3. The van der Waals surface area contributed by atoms with Gasteiger partial charge in [0.25, 0.3) is 5.91 Å². The molecule has 5 nitrogen and oxygen atoms in total. The van der Waals surface area contributed by atoms with Crippen LogP contribution in [0.4, 0.5) is 0 Å². The Balaban J connectivity index is 1.93. The molecule has 0 unspecified atom stereocenters. The zero-order valence-electron chi connectivity index (χ0n) is 13.3. The first kappa shape index (κ1) is 16.4. The molecular formula is C20H16N2O3. The van der Waals surface area contributed by atoms with Crippen LogP contribution in [0.1, 0.15) is 26.3 Å². The quantitative estimate of drug-likeness (QED) is 0.751. The van der Waals surface area contributed by atoms with Crippen LogP contribution in [-0.4, -0.2) is 22.0 Å². The van der Waals surface area contributed by atoms with Gasteiger partial charge >= 0.3 is 5.97 Å². The summed E-state index contributed by atoms with van der Waals surface area (Å²) in [7, 11) is 0. The van der Waals surface area contributed by atoms with Crippen molar-refractivity contribution in [3.05, 3.63) is 89.7 Å². The van der Waals surface area contributed by atoms with Gasteiger partial charge in [0.1, 0.15) is 0 Å². The van der Waals surface area contributed by atoms with Gasteiger partial charge in [0.2, 0.25) is 0 Å². The molecule has 3 rings (SSSR count). The van der Waals surface area contributed by atoms with E-state index in [-0.39, 0.29) is 17.7 Å². The van der Waals surface area contributed by atoms with Crippen molar-refractivity contribution in [2.45, 2.75) is 6.54 Å². The molecule has 5 heteroatoms. The Kier molecular flexibility index (Phi) is 4.85. The van der Waals surface area contributed by atoms with Crippen molar-refractivity contribution in [3.63, 3.8) is 0 Å². The van der Waals surface area contributed by atoms with Crippen LogP contribution in [0.5, 0.6) is 0 Å². The number of hydrogen-bond acceptors (Lipinski definition) is 3. The average molecular weight is 332 g/mol. The lowest BCUT2D eigenvalue weighted by molar-refractivity contribution is 0.0692. The van der Waals surface area contributed by atoms with Crippen LogP contribution in [0.2, 0.25) is 0 Å². The summed E-state index contributed by atoms with van der Waals surface area (Å²) in [4.78, 5) is 28.3. The SMILES string of the molecule is O=C(NCc1cccnc1)c1cccc(-c2ccccc2)c1C(=O)O. The van der Waals surface area contributed by atoms with Gasteiger partial charge in [-0.05, 0) is 28.8 Å². The fraction of sp³-hybridized carbons (Fsp3) is 0.0500. The molecule has 0 radical (unpaired) electrons. The minimum Gasteiger partial charge on any atom is -0.478 e. The van der Waals surface area contributed by atoms with Crippen molar-refractivity contribution < 1.29 is 14.7 Å². The number of aromatic carboxylic acids is 1. The molecule has 1 heterocycles. The normalized spacial score (nSPS) is 10.2. The first-order valence-electron chi connectivity index (χ1n) is 7.75. The highest BCUT2D eigenvalue weighted by Crippen LogP contribution is 2.26. The molecule has 0 spiro atoms. The number of benzene rings is 2. The summed E-state index contributed by atoms with van der Waals surface area (Å²) in [5.41, 5.74) is 2.24. The van der Waals surface area contributed by atoms with Crippen LogP contribution < -0.4 is 5.32 Å². The lowest BCUT2D eigenvalue weighted by Gasteiger charge is -2.12. The summed E-state index contributed by atoms with van der Waals surface area (Å²) in [6.07, 6.45) is 3.30. The number of carbonyl (C=O) groups excluding carboxylic acids is 1. The second-order valence-electron chi connectivity index (χ2n) is 5.44. The Bertz CT molecular complexity index is 893. The molecule has 124 valence electrons. The van der Waals surface area contributed by atoms with Gasteiger partial charge in [-0.25, -0.2) is 4.79 Å². The van der Waals surface area contributed by atoms with Crippen LogP contribution in [0.15, 0.2) is 73.1 Å². The zero-order chi connectivity index (χ0) is 17.6. The second kappa shape index (κ2) is 7.40. The molecule has 3 aromatic rings. The largest absolute Gasteiger partial charge is 0.478 e. The van der Waals surface area contributed by atoms with Crippen molar-refractivity contribution >= 4 is 11.9 Å². The number of aromatic nitrogens is 1. The van der Waals surface area contributed by atoms with Gasteiger partial charge in [0.15, 0.2) is 0 Å². The molecule has 1 aromatic heterocycles. The molecule has 2 aromatic carbocycles. The van der Waals surface area contributed by atoms with E-state index >= 15 is 0 Å². The highest BCUT2D eigenvalue weighted by Gasteiger charge is 2.21. The number of carboxylic acid groups (broad SMARTS) is 1. The minimum absolute atomic E-state index is 0.00242. The van der Waals surface area contributed by atoms with Gasteiger partial charge in [0, 0.05) is 18.9 Å². The number of carbonyl (C=O) groups is 2. The lowest BCUT2D eigenvalue weighted by Crippen LogP contribution is -2.25. The highest BCUT2D eigenvalue weighted by atomic mass is 16.4. The van der Waals surface area contributed by atoms with Crippen molar-refractivity contribution in [2.75, 3.05) is 0 Å². The smallest absolute Gasteiger partial charge is 0.337 e. The van der Waals surface area contributed by atoms with E-state index in [1.54, 1.807) is 30.6 Å². The van der Waals surface area contributed by atoms with Crippen molar-refractivity contribution in [2.24, 2.45) is 0 Å². The van der Waals surface area contributed by atoms with E-state index in [9.17, 15) is 14.7 Å². The molecule has 0 bridgehead atoms. The summed E-state index contributed by atoms with van der Waals surface area (Å²) < 4.78 is 0. The van der Waals surface area contributed by atoms with Crippen molar-refractivity contribution in [3.8, 4) is 11.1 Å². The lowest BCUT2D eigenvalue weighted by atomic mass is 9.95. The molecule has 0 aliphatic rings. The molecule has 2 N–H and O–H groups in total. The number of hydrogen-bond donors (Lipinski definition) is 2. The maximum Gasteiger partial charge on any atom is 0.337 e. The third-order valence-electron chi connectivity index (χ3n) is 3.78. The highest BCUT2D eigenvalue weighted by molar-refractivity contribution is 6.08. The second-order valence-corrected chi connectivity index (χ2v) is 5.44. The Labute approximate surface area is 145 Å². The van der Waals surface area contributed by atoms with E-state index in [1.165, 1.54) is 6.07 Å². The Morgan fingerprint density at radius 2 is 1.76 bits per heavy atom. The van der Waals surface area contributed by atoms with Crippen molar-refractivity contribution in [1.82, 2.24) is 10.3 Å². The Morgan fingerprint density at radius 3 is 2.44 bits per heavy atom. The molecule has 0 saturated carbocycles. The van der Waals surface area contributed by atoms with Gasteiger partial charge in [-0.2, -0.15) is 0 Å². The van der Waals surface area contributed by atoms with Gasteiger partial charge < -0.3 is 10.4 Å². The molecule has 0 atom stereocenters. The maximum atomic E-state index is 12.5. The monoisotopic (exact) mass is 332 g/mol. The van der Waals surface area contributed by atoms with E-state index in [1.807, 2.05) is 36.4 Å². The van der Waals surface area contributed by atoms with E-state index in [0.29, 0.717) is 5.56 Å². The van der Waals surface area contributed by atoms with Crippen LogP contribution in [0.3, 0.4) is 0 Å². The standard InChI is InChI=1S/C20H16N2O3/c23-19(22-13-14-6-5-11-21-12-14)17-10-4-9-16(18(17)20(24)25)15-7-2-1-3-8-15/h1-12H,13H2,(H,22,23)(H,24,25).